The largest absolute Gasteiger partial charge is 1.00 e. The maximum Gasteiger partial charge on any atom is 0.304 e. The molecular weight excluding hydrogens is 266 g/mol. The Hall–Kier alpha value is 0.590. The van der Waals surface area contributed by atoms with Crippen molar-refractivity contribution in [2.45, 2.75) is 6.92 Å². The van der Waals surface area contributed by atoms with Crippen molar-refractivity contribution in [1.82, 2.24) is 0 Å². The topological polar surface area (TPSA) is 3.88 Å². The summed E-state index contributed by atoms with van der Waals surface area (Å²) in [4.78, 5) is 0. The Balaban J connectivity index is 0.000000640. The second-order valence-electron chi connectivity index (χ2n) is 1.69. The van der Waals surface area contributed by atoms with Crippen molar-refractivity contribution in [3.63, 3.8) is 0 Å². The van der Waals surface area contributed by atoms with E-state index in [0.29, 0.717) is 0 Å². The van der Waals surface area contributed by atoms with Crippen LogP contribution in [0.3, 0.4) is 0 Å². The molecule has 1 nitrogen and oxygen atoms in total. The lowest BCUT2D eigenvalue weighted by Gasteiger charge is -1.79. The maximum atomic E-state index is 3.40. The third-order valence-electron chi connectivity index (χ3n) is 1.12. The van der Waals surface area contributed by atoms with Gasteiger partial charge in [-0.15, -0.1) is 0 Å². The number of aryl methyl sites for hydroxylation is 1. The summed E-state index contributed by atoms with van der Waals surface area (Å²) in [7, 11) is 2.04. The first kappa shape index (κ1) is 9.59. The van der Waals surface area contributed by atoms with E-state index in [2.05, 4.69) is 32.8 Å². The minimum Gasteiger partial charge on any atom is -1.00 e. The molecule has 0 spiro atoms. The van der Waals surface area contributed by atoms with Crippen LogP contribution >= 0.6 is 27.3 Å². The van der Waals surface area contributed by atoms with Gasteiger partial charge in [0.1, 0.15) is 7.05 Å². The highest BCUT2D eigenvalue weighted by molar-refractivity contribution is 9.11. The number of hydrogen-bond donors (Lipinski definition) is 0. The Kier molecular flexibility index (Phi) is 3.93. The van der Waals surface area contributed by atoms with Gasteiger partial charge in [-0.3, -0.25) is 0 Å². The molecule has 0 unspecified atom stereocenters. The van der Waals surface area contributed by atoms with E-state index in [0.717, 1.165) is 0 Å². The number of hydrogen-bond acceptors (Lipinski definition) is 1. The molecule has 4 heteroatoms. The summed E-state index contributed by atoms with van der Waals surface area (Å²) in [5.41, 5.74) is 1.29. The second-order valence-corrected chi connectivity index (χ2v) is 3.82. The van der Waals surface area contributed by atoms with Gasteiger partial charge in [-0.1, -0.05) is 11.3 Å². The Morgan fingerprint density at radius 1 is 1.67 bits per heavy atom. The molecule has 0 amide bonds. The molecule has 1 heterocycles. The molecule has 0 aromatic carbocycles. The summed E-state index contributed by atoms with van der Waals surface area (Å²) < 4.78 is 3.28. The van der Waals surface area contributed by atoms with Gasteiger partial charge < -0.3 is 17.0 Å². The van der Waals surface area contributed by atoms with Crippen molar-refractivity contribution < 1.29 is 21.5 Å². The minimum absolute atomic E-state index is 0. The third-order valence-corrected chi connectivity index (χ3v) is 3.14. The number of halogens is 2. The molecule has 1 rings (SSSR count). The Morgan fingerprint density at radius 2 is 2.22 bits per heavy atom. The zero-order valence-electron chi connectivity index (χ0n) is 5.19. The van der Waals surface area contributed by atoms with Gasteiger partial charge in [0.2, 0.25) is 0 Å². The Bertz CT molecular complexity index is 177. The zero-order chi connectivity index (χ0) is 6.15. The van der Waals surface area contributed by atoms with Crippen LogP contribution in [0.4, 0.5) is 0 Å². The molecule has 1 aromatic heterocycles. The van der Waals surface area contributed by atoms with E-state index in [1.165, 1.54) is 9.61 Å². The highest BCUT2D eigenvalue weighted by Gasteiger charge is 2.06. The predicted octanol–water partition coefficient (Wildman–Crippen LogP) is -1.35. The monoisotopic (exact) mass is 271 g/mol. The molecule has 0 aliphatic carbocycles. The van der Waals surface area contributed by atoms with Crippen molar-refractivity contribution in [3.05, 3.63) is 15.0 Å². The molecule has 9 heavy (non-hydrogen) atoms. The van der Waals surface area contributed by atoms with Crippen LogP contribution in [0.5, 0.6) is 0 Å². The molecule has 0 saturated heterocycles. The van der Waals surface area contributed by atoms with E-state index < -0.39 is 0 Å². The summed E-state index contributed by atoms with van der Waals surface area (Å²) in [5.74, 6) is 0. The van der Waals surface area contributed by atoms with Gasteiger partial charge >= 0.3 is 3.92 Å². The molecule has 0 N–H and O–H groups in total. The van der Waals surface area contributed by atoms with Gasteiger partial charge in [-0.05, 0) is 0 Å². The molecule has 0 saturated carbocycles. The average Bonchev–Trinajstić information content (AvgIpc) is 1.98. The van der Waals surface area contributed by atoms with Gasteiger partial charge in [0, 0.05) is 22.9 Å². The van der Waals surface area contributed by atoms with Crippen LogP contribution in [0.25, 0.3) is 0 Å². The lowest BCUT2D eigenvalue weighted by Crippen LogP contribution is -3.00. The number of thiazole rings is 1. The Labute approximate surface area is 77.6 Å². The molecular formula is C5H7Br2NS. The van der Waals surface area contributed by atoms with Crippen LogP contribution < -0.4 is 21.5 Å². The van der Waals surface area contributed by atoms with E-state index in [9.17, 15) is 0 Å². The second kappa shape index (κ2) is 3.68. The van der Waals surface area contributed by atoms with Crippen molar-refractivity contribution in [2.75, 3.05) is 0 Å². The summed E-state index contributed by atoms with van der Waals surface area (Å²) in [6.07, 6.45) is 0. The Morgan fingerprint density at radius 3 is 2.33 bits per heavy atom. The van der Waals surface area contributed by atoms with Crippen LogP contribution in [0, 0.1) is 6.92 Å². The summed E-state index contributed by atoms with van der Waals surface area (Å²) in [5, 5.41) is 2.12. The van der Waals surface area contributed by atoms with Crippen LogP contribution in [0.15, 0.2) is 9.30 Å². The molecule has 0 aliphatic rings. The first-order valence-corrected chi connectivity index (χ1v) is 3.98. The fourth-order valence-corrected chi connectivity index (χ4v) is 1.72. The normalized spacial score (nSPS) is 8.78. The summed E-state index contributed by atoms with van der Waals surface area (Å²) in [6.45, 7) is 2.08. The fraction of sp³-hybridized carbons (Fsp3) is 0.400. The van der Waals surface area contributed by atoms with Gasteiger partial charge in [-0.25, -0.2) is 0 Å². The lowest BCUT2D eigenvalue weighted by molar-refractivity contribution is -0.683. The van der Waals surface area contributed by atoms with E-state index in [4.69, 9.17) is 0 Å². The van der Waals surface area contributed by atoms with Crippen molar-refractivity contribution >= 4 is 27.3 Å². The first-order chi connectivity index (χ1) is 3.72. The number of nitrogens with zero attached hydrogens (tertiary/aromatic N) is 1. The van der Waals surface area contributed by atoms with Crippen LogP contribution in [0.2, 0.25) is 0 Å². The minimum atomic E-state index is 0. The van der Waals surface area contributed by atoms with Crippen LogP contribution in [-0.2, 0) is 7.05 Å². The highest BCUT2D eigenvalue weighted by atomic mass is 79.9. The molecule has 0 radical (unpaired) electrons. The number of aromatic nitrogens is 1. The summed E-state index contributed by atoms with van der Waals surface area (Å²) >= 11 is 5.11. The first-order valence-electron chi connectivity index (χ1n) is 2.31. The van der Waals surface area contributed by atoms with E-state index in [-0.39, 0.29) is 17.0 Å². The predicted molar refractivity (Wildman–Crippen MR) is 37.9 cm³/mol. The van der Waals surface area contributed by atoms with Gasteiger partial charge in [0.05, 0.1) is 5.38 Å². The summed E-state index contributed by atoms with van der Waals surface area (Å²) in [6, 6.07) is 0. The molecule has 0 aliphatic heterocycles. The average molecular weight is 273 g/mol. The van der Waals surface area contributed by atoms with Crippen LogP contribution in [0.1, 0.15) is 5.69 Å². The zero-order valence-corrected chi connectivity index (χ0v) is 9.18. The molecule has 0 fully saturated rings. The quantitative estimate of drug-likeness (QED) is 0.514. The highest BCUT2D eigenvalue weighted by Crippen LogP contribution is 2.11. The van der Waals surface area contributed by atoms with Gasteiger partial charge in [0.15, 0.2) is 5.69 Å². The van der Waals surface area contributed by atoms with Gasteiger partial charge in [-0.2, -0.15) is 4.57 Å². The standard InChI is InChI=1S/C5H7BrNS.BrH/c1-4-3-8-5(6)7(4)2;/h3H,1-2H3;1H/q+1;/p-1. The van der Waals surface area contributed by atoms with Crippen molar-refractivity contribution in [3.8, 4) is 0 Å². The molecule has 0 atom stereocenters. The maximum absolute atomic E-state index is 3.40. The van der Waals surface area contributed by atoms with E-state index >= 15 is 0 Å². The van der Waals surface area contributed by atoms with E-state index in [1.807, 2.05) is 7.05 Å². The van der Waals surface area contributed by atoms with Crippen LogP contribution in [-0.4, -0.2) is 0 Å². The molecule has 52 valence electrons. The van der Waals surface area contributed by atoms with E-state index in [1.54, 1.807) is 11.3 Å². The van der Waals surface area contributed by atoms with Crippen molar-refractivity contribution in [1.29, 1.82) is 0 Å². The fourth-order valence-electron chi connectivity index (χ4n) is 0.431. The molecule has 0 bridgehead atoms. The smallest absolute Gasteiger partial charge is 0.304 e. The lowest BCUT2D eigenvalue weighted by atomic mass is 10.6. The van der Waals surface area contributed by atoms with Gasteiger partial charge in [0.25, 0.3) is 0 Å². The number of rotatable bonds is 0. The van der Waals surface area contributed by atoms with Crippen molar-refractivity contribution in [2.24, 2.45) is 7.05 Å². The molecule has 1 aromatic rings. The SMILES string of the molecule is Cc1csc(Br)[n+]1C.[Br-]. The third kappa shape index (κ3) is 2.02.